The molecule has 0 atom stereocenters. The van der Waals surface area contributed by atoms with Crippen molar-refractivity contribution in [3.8, 4) is 0 Å². The molecule has 1 aliphatic rings. The number of carbonyl (C=O) groups is 1. The van der Waals surface area contributed by atoms with Crippen LogP contribution in [0.5, 0.6) is 0 Å². The molecule has 3 rings (SSSR count). The second-order valence-electron chi connectivity index (χ2n) is 7.61. The smallest absolute Gasteiger partial charge is 0.273 e. The molecule has 1 aliphatic heterocycles. The minimum absolute atomic E-state index is 0.00260. The maximum atomic E-state index is 12.2. The van der Waals surface area contributed by atoms with E-state index < -0.39 is 4.92 Å². The number of nitro benzene ring substituents is 1. The molecule has 0 spiro atoms. The summed E-state index contributed by atoms with van der Waals surface area (Å²) in [6, 6.07) is 14.6. The number of nitrogens with one attached hydrogen (secondary N) is 1. The molecule has 0 radical (unpaired) electrons. The highest BCUT2D eigenvalue weighted by Gasteiger charge is 2.16. The lowest BCUT2D eigenvalue weighted by Gasteiger charge is -2.30. The van der Waals surface area contributed by atoms with Gasteiger partial charge in [0.2, 0.25) is 5.91 Å². The fourth-order valence-electron chi connectivity index (χ4n) is 3.52. The zero-order chi connectivity index (χ0) is 19.9. The Kier molecular flexibility index (Phi) is 6.76. The molecule has 1 fully saturated rings. The van der Waals surface area contributed by atoms with Gasteiger partial charge in [0, 0.05) is 24.7 Å². The lowest BCUT2D eigenvalue weighted by molar-refractivity contribution is -0.385. The van der Waals surface area contributed by atoms with Crippen molar-refractivity contribution < 1.29 is 9.72 Å². The molecule has 2 aromatic rings. The molecule has 6 nitrogen and oxygen atoms in total. The van der Waals surface area contributed by atoms with Gasteiger partial charge < -0.3 is 5.32 Å². The first kappa shape index (κ1) is 20.0. The molecule has 148 valence electrons. The molecule has 0 bridgehead atoms. The summed E-state index contributed by atoms with van der Waals surface area (Å²) < 4.78 is 0. The molecular formula is C22H27N3O3. The monoisotopic (exact) mass is 381 g/mol. The van der Waals surface area contributed by atoms with Crippen molar-refractivity contribution in [1.29, 1.82) is 0 Å². The van der Waals surface area contributed by atoms with Crippen LogP contribution in [0.25, 0.3) is 0 Å². The Morgan fingerprint density at radius 2 is 1.75 bits per heavy atom. The Hall–Kier alpha value is -2.73. The molecule has 2 aromatic carbocycles. The Bertz CT molecular complexity index is 812. The molecule has 1 amide bonds. The molecule has 0 saturated carbocycles. The van der Waals surface area contributed by atoms with Gasteiger partial charge in [-0.25, -0.2) is 0 Å². The first-order valence-electron chi connectivity index (χ1n) is 9.80. The summed E-state index contributed by atoms with van der Waals surface area (Å²) in [6.45, 7) is 6.02. The number of amides is 1. The van der Waals surface area contributed by atoms with Crippen molar-refractivity contribution in [2.75, 3.05) is 13.1 Å². The lowest BCUT2D eigenvalue weighted by atomic mass is 9.99. The number of likely N-dealkylation sites (tertiary alicyclic amines) is 1. The van der Waals surface area contributed by atoms with E-state index in [1.807, 2.05) is 12.1 Å². The summed E-state index contributed by atoms with van der Waals surface area (Å²) in [5, 5.41) is 13.9. The van der Waals surface area contributed by atoms with E-state index in [1.54, 1.807) is 18.2 Å². The zero-order valence-corrected chi connectivity index (χ0v) is 16.3. The molecule has 6 heteroatoms. The number of nitro groups is 1. The summed E-state index contributed by atoms with van der Waals surface area (Å²) in [6.07, 6.45) is 2.54. The van der Waals surface area contributed by atoms with E-state index >= 15 is 0 Å². The van der Waals surface area contributed by atoms with E-state index in [9.17, 15) is 14.9 Å². The first-order chi connectivity index (χ1) is 13.5. The standard InChI is InChI=1S/C22H27N3O3/c1-17-10-12-24(13-11-17)16-19-8-6-18(7-9-19)15-23-22(26)14-20-4-2-3-5-21(20)25(27)28/h2-9,17H,10-16H2,1H3,(H,23,26). The van der Waals surface area contributed by atoms with Crippen molar-refractivity contribution in [3.05, 3.63) is 75.3 Å². The molecule has 0 aromatic heterocycles. The summed E-state index contributed by atoms with van der Waals surface area (Å²) in [7, 11) is 0. The normalized spacial score (nSPS) is 15.3. The lowest BCUT2D eigenvalue weighted by Crippen LogP contribution is -2.32. The average Bonchev–Trinajstić information content (AvgIpc) is 2.69. The predicted octanol–water partition coefficient (Wildman–Crippen LogP) is 3.69. The van der Waals surface area contributed by atoms with E-state index in [-0.39, 0.29) is 18.0 Å². The van der Waals surface area contributed by atoms with Crippen LogP contribution in [-0.4, -0.2) is 28.8 Å². The predicted molar refractivity (Wildman–Crippen MR) is 109 cm³/mol. The van der Waals surface area contributed by atoms with Gasteiger partial charge in [0.05, 0.1) is 11.3 Å². The van der Waals surface area contributed by atoms with Crippen LogP contribution >= 0.6 is 0 Å². The molecule has 28 heavy (non-hydrogen) atoms. The number of benzene rings is 2. The quantitative estimate of drug-likeness (QED) is 0.586. The number of para-hydroxylation sites is 1. The Morgan fingerprint density at radius 3 is 2.43 bits per heavy atom. The van der Waals surface area contributed by atoms with Crippen molar-refractivity contribution in [2.45, 2.75) is 39.3 Å². The first-order valence-corrected chi connectivity index (χ1v) is 9.80. The highest BCUT2D eigenvalue weighted by Crippen LogP contribution is 2.19. The highest BCUT2D eigenvalue weighted by atomic mass is 16.6. The van der Waals surface area contributed by atoms with E-state index in [4.69, 9.17) is 0 Å². The number of rotatable bonds is 7. The molecule has 1 N–H and O–H groups in total. The van der Waals surface area contributed by atoms with Gasteiger partial charge in [-0.3, -0.25) is 19.8 Å². The highest BCUT2D eigenvalue weighted by molar-refractivity contribution is 5.79. The molecule has 1 heterocycles. The van der Waals surface area contributed by atoms with Gasteiger partial charge in [-0.2, -0.15) is 0 Å². The summed E-state index contributed by atoms with van der Waals surface area (Å²) in [5.41, 5.74) is 2.71. The maximum Gasteiger partial charge on any atom is 0.273 e. The van der Waals surface area contributed by atoms with Crippen LogP contribution in [0, 0.1) is 16.0 Å². The van der Waals surface area contributed by atoms with Crippen LogP contribution in [0.2, 0.25) is 0 Å². The van der Waals surface area contributed by atoms with E-state index in [0.29, 0.717) is 12.1 Å². The minimum atomic E-state index is -0.454. The van der Waals surface area contributed by atoms with Crippen molar-refractivity contribution in [1.82, 2.24) is 10.2 Å². The zero-order valence-electron chi connectivity index (χ0n) is 16.3. The molecule has 1 saturated heterocycles. The SMILES string of the molecule is CC1CCN(Cc2ccc(CNC(=O)Cc3ccccc3[N+](=O)[O-])cc2)CC1. The molecule has 0 aliphatic carbocycles. The molecule has 0 unspecified atom stereocenters. The third kappa shape index (κ3) is 5.63. The third-order valence-electron chi connectivity index (χ3n) is 5.33. The second kappa shape index (κ2) is 9.46. The van der Waals surface area contributed by atoms with Gasteiger partial charge in [-0.15, -0.1) is 0 Å². The summed E-state index contributed by atoms with van der Waals surface area (Å²) in [5.74, 6) is 0.611. The van der Waals surface area contributed by atoms with Crippen LogP contribution < -0.4 is 5.32 Å². The fraction of sp³-hybridized carbons (Fsp3) is 0.409. The maximum absolute atomic E-state index is 12.2. The number of piperidine rings is 1. The fourth-order valence-corrected chi connectivity index (χ4v) is 3.52. The summed E-state index contributed by atoms with van der Waals surface area (Å²) >= 11 is 0. The van der Waals surface area contributed by atoms with Gasteiger partial charge in [-0.1, -0.05) is 49.4 Å². The van der Waals surface area contributed by atoms with Crippen molar-refractivity contribution in [2.24, 2.45) is 5.92 Å². The molecular weight excluding hydrogens is 354 g/mol. The Morgan fingerprint density at radius 1 is 1.11 bits per heavy atom. The third-order valence-corrected chi connectivity index (χ3v) is 5.33. The van der Waals surface area contributed by atoms with Crippen molar-refractivity contribution >= 4 is 11.6 Å². The van der Waals surface area contributed by atoms with Crippen LogP contribution in [-0.2, 0) is 24.3 Å². The Balaban J connectivity index is 1.48. The number of nitrogens with zero attached hydrogens (tertiary/aromatic N) is 2. The van der Waals surface area contributed by atoms with Crippen LogP contribution in [0.4, 0.5) is 5.69 Å². The van der Waals surface area contributed by atoms with Gasteiger partial charge in [-0.05, 0) is 43.0 Å². The average molecular weight is 381 g/mol. The Labute approximate surface area is 165 Å². The number of hydrogen-bond acceptors (Lipinski definition) is 4. The number of carbonyl (C=O) groups excluding carboxylic acids is 1. The largest absolute Gasteiger partial charge is 0.352 e. The van der Waals surface area contributed by atoms with Crippen molar-refractivity contribution in [3.63, 3.8) is 0 Å². The van der Waals surface area contributed by atoms with Crippen LogP contribution in [0.15, 0.2) is 48.5 Å². The van der Waals surface area contributed by atoms with E-state index in [2.05, 4.69) is 29.3 Å². The van der Waals surface area contributed by atoms with Gasteiger partial charge in [0.1, 0.15) is 0 Å². The van der Waals surface area contributed by atoms with Crippen LogP contribution in [0.3, 0.4) is 0 Å². The minimum Gasteiger partial charge on any atom is -0.352 e. The van der Waals surface area contributed by atoms with Gasteiger partial charge in [0.25, 0.3) is 5.69 Å². The second-order valence-corrected chi connectivity index (χ2v) is 7.61. The summed E-state index contributed by atoms with van der Waals surface area (Å²) in [4.78, 5) is 25.3. The topological polar surface area (TPSA) is 75.5 Å². The van der Waals surface area contributed by atoms with Gasteiger partial charge in [0.15, 0.2) is 0 Å². The van der Waals surface area contributed by atoms with E-state index in [1.165, 1.54) is 24.5 Å². The van der Waals surface area contributed by atoms with E-state index in [0.717, 1.165) is 31.1 Å². The van der Waals surface area contributed by atoms with Gasteiger partial charge >= 0.3 is 0 Å². The number of hydrogen-bond donors (Lipinski definition) is 1. The van der Waals surface area contributed by atoms with Crippen LogP contribution in [0.1, 0.15) is 36.5 Å².